The highest BCUT2D eigenvalue weighted by molar-refractivity contribution is 5.95. The molecule has 0 spiro atoms. The normalized spacial score (nSPS) is 15.7. The lowest BCUT2D eigenvalue weighted by Gasteiger charge is -2.22. The van der Waals surface area contributed by atoms with E-state index >= 15 is 0 Å². The number of rotatable bonds is 6. The molecule has 1 fully saturated rings. The Labute approximate surface area is 161 Å². The first kappa shape index (κ1) is 20.4. The van der Waals surface area contributed by atoms with Crippen molar-refractivity contribution in [3.63, 3.8) is 0 Å². The molecule has 140 valence electrons. The number of hydrogen-bond acceptors (Lipinski definition) is 3. The minimum absolute atomic E-state index is 0. The molecule has 2 aromatic rings. The van der Waals surface area contributed by atoms with Crippen molar-refractivity contribution in [3.8, 4) is 0 Å². The van der Waals surface area contributed by atoms with E-state index in [9.17, 15) is 4.79 Å². The molecule has 0 heterocycles. The van der Waals surface area contributed by atoms with Crippen LogP contribution in [0.15, 0.2) is 54.6 Å². The Kier molecular flexibility index (Phi) is 8.10. The van der Waals surface area contributed by atoms with Gasteiger partial charge in [0.25, 0.3) is 0 Å². The van der Waals surface area contributed by atoms with Gasteiger partial charge in [-0.15, -0.1) is 12.4 Å². The number of hydrogen-bond donors (Lipinski definition) is 2. The van der Waals surface area contributed by atoms with Crippen LogP contribution in [0, 0.1) is 0 Å². The van der Waals surface area contributed by atoms with Crippen molar-refractivity contribution in [3.05, 3.63) is 65.7 Å². The first-order valence-electron chi connectivity index (χ1n) is 9.04. The average Bonchev–Trinajstić information content (AvgIpc) is 2.67. The second kappa shape index (κ2) is 10.3. The maximum absolute atomic E-state index is 12.4. The van der Waals surface area contributed by atoms with Crippen LogP contribution < -0.4 is 11.1 Å². The molecular formula is C21H27ClN2O2. The van der Waals surface area contributed by atoms with E-state index < -0.39 is 6.04 Å². The van der Waals surface area contributed by atoms with Gasteiger partial charge in [-0.1, -0.05) is 61.7 Å². The number of benzene rings is 2. The fourth-order valence-corrected chi connectivity index (χ4v) is 3.22. The third-order valence-electron chi connectivity index (χ3n) is 4.67. The Hall–Kier alpha value is -1.88. The number of carbonyl (C=O) groups is 1. The maximum atomic E-state index is 12.4. The van der Waals surface area contributed by atoms with Crippen molar-refractivity contribution in [2.24, 2.45) is 5.73 Å². The summed E-state index contributed by atoms with van der Waals surface area (Å²) in [4.78, 5) is 12.4. The molecular weight excluding hydrogens is 348 g/mol. The van der Waals surface area contributed by atoms with Gasteiger partial charge in [-0.3, -0.25) is 4.79 Å². The van der Waals surface area contributed by atoms with Gasteiger partial charge in [0.1, 0.15) is 6.04 Å². The summed E-state index contributed by atoms with van der Waals surface area (Å²) in [6.45, 7) is 0.582. The molecule has 1 aliphatic carbocycles. The summed E-state index contributed by atoms with van der Waals surface area (Å²) in [5.41, 5.74) is 8.66. The number of amides is 1. The van der Waals surface area contributed by atoms with Gasteiger partial charge in [0.2, 0.25) is 5.91 Å². The molecule has 0 radical (unpaired) electrons. The Balaban J connectivity index is 0.00000243. The summed E-state index contributed by atoms with van der Waals surface area (Å²) in [6.07, 6.45) is 6.53. The van der Waals surface area contributed by atoms with Gasteiger partial charge in [0.15, 0.2) is 0 Å². The quantitative estimate of drug-likeness (QED) is 0.776. The number of anilines is 1. The van der Waals surface area contributed by atoms with Crippen molar-refractivity contribution in [2.75, 3.05) is 5.32 Å². The molecule has 1 saturated carbocycles. The predicted octanol–water partition coefficient (Wildman–Crippen LogP) is 4.60. The van der Waals surface area contributed by atoms with Crippen molar-refractivity contribution >= 4 is 24.0 Å². The first-order valence-corrected chi connectivity index (χ1v) is 9.04. The van der Waals surface area contributed by atoms with Gasteiger partial charge in [-0.25, -0.2) is 0 Å². The minimum atomic E-state index is -0.677. The highest BCUT2D eigenvalue weighted by atomic mass is 35.5. The number of nitrogens with two attached hydrogens (primary N) is 1. The Bertz CT molecular complexity index is 687. The molecule has 1 unspecified atom stereocenters. The molecule has 3 N–H and O–H groups in total. The van der Waals surface area contributed by atoms with Crippen LogP contribution in [0.5, 0.6) is 0 Å². The third kappa shape index (κ3) is 5.84. The molecule has 0 aromatic heterocycles. The number of carbonyl (C=O) groups excluding carboxylic acids is 1. The van der Waals surface area contributed by atoms with E-state index in [1.54, 1.807) is 0 Å². The molecule has 1 amide bonds. The fourth-order valence-electron chi connectivity index (χ4n) is 3.22. The van der Waals surface area contributed by atoms with Crippen LogP contribution in [0.1, 0.15) is 49.3 Å². The van der Waals surface area contributed by atoms with Gasteiger partial charge in [0, 0.05) is 5.69 Å². The second-order valence-corrected chi connectivity index (χ2v) is 6.65. The lowest BCUT2D eigenvalue weighted by Crippen LogP contribution is -2.27. The van der Waals surface area contributed by atoms with E-state index in [-0.39, 0.29) is 18.3 Å². The van der Waals surface area contributed by atoms with Crippen LogP contribution >= 0.6 is 12.4 Å². The zero-order valence-electron chi connectivity index (χ0n) is 14.9. The summed E-state index contributed by atoms with van der Waals surface area (Å²) in [7, 11) is 0. The van der Waals surface area contributed by atoms with Crippen LogP contribution in [0.25, 0.3) is 0 Å². The molecule has 1 aliphatic rings. The molecule has 26 heavy (non-hydrogen) atoms. The van der Waals surface area contributed by atoms with E-state index in [1.165, 1.54) is 19.3 Å². The molecule has 0 saturated heterocycles. The third-order valence-corrected chi connectivity index (χ3v) is 4.67. The zero-order chi connectivity index (χ0) is 17.5. The Morgan fingerprint density at radius 1 is 1.08 bits per heavy atom. The summed E-state index contributed by atoms with van der Waals surface area (Å²) in [6, 6.07) is 16.5. The highest BCUT2D eigenvalue weighted by Gasteiger charge is 2.16. The second-order valence-electron chi connectivity index (χ2n) is 6.65. The van der Waals surface area contributed by atoms with Crippen LogP contribution in [-0.4, -0.2) is 12.0 Å². The van der Waals surface area contributed by atoms with Gasteiger partial charge < -0.3 is 15.8 Å². The number of halogens is 1. The number of nitrogens with one attached hydrogen (secondary N) is 1. The summed E-state index contributed by atoms with van der Waals surface area (Å²) in [5.74, 6) is -0.212. The largest absolute Gasteiger partial charge is 0.374 e. The Morgan fingerprint density at radius 2 is 1.81 bits per heavy atom. The predicted molar refractivity (Wildman–Crippen MR) is 107 cm³/mol. The van der Waals surface area contributed by atoms with Crippen molar-refractivity contribution in [2.45, 2.75) is 50.9 Å². The van der Waals surface area contributed by atoms with E-state index in [0.717, 1.165) is 29.7 Å². The summed E-state index contributed by atoms with van der Waals surface area (Å²) in [5, 5.41) is 2.90. The highest BCUT2D eigenvalue weighted by Crippen LogP contribution is 2.22. The van der Waals surface area contributed by atoms with Gasteiger partial charge in [-0.05, 0) is 36.1 Å². The molecule has 0 bridgehead atoms. The van der Waals surface area contributed by atoms with E-state index in [2.05, 4.69) is 5.32 Å². The fraction of sp³-hybridized carbons (Fsp3) is 0.381. The molecule has 0 aliphatic heterocycles. The van der Waals surface area contributed by atoms with Crippen molar-refractivity contribution in [1.29, 1.82) is 0 Å². The standard InChI is InChI=1S/C21H26N2O2.ClH/c22-20(17-9-3-1-4-10-17)21(24)23-18-11-7-8-16(14-18)15-25-19-12-5-2-6-13-19;/h1,3-4,7-11,14,19-20H,2,5-6,12-13,15,22H2,(H,23,24);1H. The van der Waals surface area contributed by atoms with Crippen molar-refractivity contribution in [1.82, 2.24) is 0 Å². The van der Waals surface area contributed by atoms with Crippen LogP contribution in [0.2, 0.25) is 0 Å². The average molecular weight is 375 g/mol. The number of ether oxygens (including phenoxy) is 1. The molecule has 2 aromatic carbocycles. The summed E-state index contributed by atoms with van der Waals surface area (Å²) >= 11 is 0. The summed E-state index contributed by atoms with van der Waals surface area (Å²) < 4.78 is 6.01. The van der Waals surface area contributed by atoms with Gasteiger partial charge >= 0.3 is 0 Å². The molecule has 1 atom stereocenters. The first-order chi connectivity index (χ1) is 12.2. The van der Waals surface area contributed by atoms with Crippen LogP contribution in [-0.2, 0) is 16.1 Å². The van der Waals surface area contributed by atoms with Crippen LogP contribution in [0.4, 0.5) is 5.69 Å². The van der Waals surface area contributed by atoms with E-state index in [1.807, 2.05) is 54.6 Å². The smallest absolute Gasteiger partial charge is 0.245 e. The monoisotopic (exact) mass is 374 g/mol. The van der Waals surface area contributed by atoms with Gasteiger partial charge in [-0.2, -0.15) is 0 Å². The SMILES string of the molecule is Cl.NC(C(=O)Nc1cccc(COC2CCCCC2)c1)c1ccccc1. The minimum Gasteiger partial charge on any atom is -0.374 e. The molecule has 5 heteroatoms. The zero-order valence-corrected chi connectivity index (χ0v) is 15.7. The molecule has 3 rings (SSSR count). The Morgan fingerprint density at radius 3 is 2.54 bits per heavy atom. The van der Waals surface area contributed by atoms with Crippen LogP contribution in [0.3, 0.4) is 0 Å². The van der Waals surface area contributed by atoms with E-state index in [4.69, 9.17) is 10.5 Å². The lowest BCUT2D eigenvalue weighted by molar-refractivity contribution is -0.117. The topological polar surface area (TPSA) is 64.4 Å². The molecule has 4 nitrogen and oxygen atoms in total. The lowest BCUT2D eigenvalue weighted by atomic mass is 9.98. The van der Waals surface area contributed by atoms with E-state index in [0.29, 0.717) is 12.7 Å². The van der Waals surface area contributed by atoms with Gasteiger partial charge in [0.05, 0.1) is 12.7 Å². The maximum Gasteiger partial charge on any atom is 0.245 e. The van der Waals surface area contributed by atoms with Crippen molar-refractivity contribution < 1.29 is 9.53 Å².